The highest BCUT2D eigenvalue weighted by Gasteiger charge is 2.06. The summed E-state index contributed by atoms with van der Waals surface area (Å²) in [6.07, 6.45) is 6.35. The Kier molecular flexibility index (Phi) is 5.71. The van der Waals surface area contributed by atoms with Crippen molar-refractivity contribution in [3.8, 4) is 11.6 Å². The summed E-state index contributed by atoms with van der Waals surface area (Å²) in [5.74, 6) is 1.63. The van der Waals surface area contributed by atoms with Crippen LogP contribution in [0.1, 0.15) is 19.8 Å². The van der Waals surface area contributed by atoms with Gasteiger partial charge in [-0.15, -0.1) is 0 Å². The van der Waals surface area contributed by atoms with Crippen LogP contribution in [0.2, 0.25) is 0 Å². The van der Waals surface area contributed by atoms with Crippen LogP contribution in [0.15, 0.2) is 49.3 Å². The predicted molar refractivity (Wildman–Crippen MR) is 96.4 cm³/mol. The van der Waals surface area contributed by atoms with Crippen LogP contribution in [0.25, 0.3) is 5.82 Å². The van der Waals surface area contributed by atoms with Crippen molar-refractivity contribution >= 4 is 17.5 Å². The second kappa shape index (κ2) is 8.56. The van der Waals surface area contributed by atoms with Gasteiger partial charge in [-0.2, -0.15) is 5.10 Å². The lowest BCUT2D eigenvalue weighted by Gasteiger charge is -2.09. The van der Waals surface area contributed by atoms with Gasteiger partial charge in [0.05, 0.1) is 6.61 Å². The molecule has 0 spiro atoms. The van der Waals surface area contributed by atoms with Gasteiger partial charge in [0.15, 0.2) is 5.82 Å². The number of nitrogens with zero attached hydrogens (tertiary/aromatic N) is 5. The zero-order valence-corrected chi connectivity index (χ0v) is 14.3. The number of benzene rings is 1. The van der Waals surface area contributed by atoms with Gasteiger partial charge in [-0.3, -0.25) is 5.32 Å². The lowest BCUT2D eigenvalue weighted by atomic mass is 10.3. The fourth-order valence-corrected chi connectivity index (χ4v) is 2.11. The minimum absolute atomic E-state index is 0.350. The van der Waals surface area contributed by atoms with Crippen molar-refractivity contribution in [3.63, 3.8) is 0 Å². The molecule has 2 N–H and O–H groups in total. The SMILES string of the molecule is CCCCOc1ccc(NC(=O)Nc2cc(-n3cncn3)ncn2)cc1. The molecule has 0 aliphatic carbocycles. The van der Waals surface area contributed by atoms with E-state index in [0.717, 1.165) is 18.6 Å². The third-order valence-electron chi connectivity index (χ3n) is 3.43. The van der Waals surface area contributed by atoms with Crippen molar-refractivity contribution in [1.29, 1.82) is 0 Å². The lowest BCUT2D eigenvalue weighted by Crippen LogP contribution is -2.20. The summed E-state index contributed by atoms with van der Waals surface area (Å²) in [5.41, 5.74) is 0.649. The van der Waals surface area contributed by atoms with Crippen LogP contribution < -0.4 is 15.4 Å². The van der Waals surface area contributed by atoms with E-state index < -0.39 is 6.03 Å². The zero-order chi connectivity index (χ0) is 18.2. The van der Waals surface area contributed by atoms with E-state index in [1.54, 1.807) is 18.2 Å². The molecule has 9 nitrogen and oxygen atoms in total. The Hall–Kier alpha value is -3.49. The van der Waals surface area contributed by atoms with Gasteiger partial charge < -0.3 is 10.1 Å². The monoisotopic (exact) mass is 353 g/mol. The molecule has 2 amide bonds. The summed E-state index contributed by atoms with van der Waals surface area (Å²) >= 11 is 0. The Bertz CT molecular complexity index is 835. The third-order valence-corrected chi connectivity index (χ3v) is 3.43. The van der Waals surface area contributed by atoms with Gasteiger partial charge in [-0.05, 0) is 30.7 Å². The zero-order valence-electron chi connectivity index (χ0n) is 14.3. The average Bonchev–Trinajstić information content (AvgIpc) is 3.18. The van der Waals surface area contributed by atoms with Crippen molar-refractivity contribution in [2.75, 3.05) is 17.2 Å². The molecule has 0 saturated carbocycles. The first-order valence-electron chi connectivity index (χ1n) is 8.22. The summed E-state index contributed by atoms with van der Waals surface area (Å²) in [6.45, 7) is 2.80. The molecular formula is C17H19N7O2. The number of aromatic nitrogens is 5. The summed E-state index contributed by atoms with van der Waals surface area (Å²) in [5, 5.41) is 9.38. The number of amides is 2. The summed E-state index contributed by atoms with van der Waals surface area (Å²) in [7, 11) is 0. The molecule has 2 heterocycles. The molecule has 0 atom stereocenters. The fourth-order valence-electron chi connectivity index (χ4n) is 2.11. The first kappa shape index (κ1) is 17.3. The second-order valence-corrected chi connectivity index (χ2v) is 5.41. The molecule has 0 aliphatic rings. The number of anilines is 2. The Morgan fingerprint density at radius 3 is 2.73 bits per heavy atom. The van der Waals surface area contributed by atoms with Crippen molar-refractivity contribution in [3.05, 3.63) is 49.3 Å². The molecule has 0 bridgehead atoms. The molecule has 3 aromatic rings. The van der Waals surface area contributed by atoms with Crippen LogP contribution in [0.4, 0.5) is 16.3 Å². The molecule has 3 rings (SSSR count). The minimum atomic E-state index is -0.409. The van der Waals surface area contributed by atoms with E-state index in [1.807, 2.05) is 12.1 Å². The maximum atomic E-state index is 12.1. The molecule has 0 radical (unpaired) electrons. The maximum Gasteiger partial charge on any atom is 0.324 e. The van der Waals surface area contributed by atoms with Gasteiger partial charge >= 0.3 is 6.03 Å². The van der Waals surface area contributed by atoms with E-state index in [9.17, 15) is 4.79 Å². The number of carbonyl (C=O) groups is 1. The first-order chi connectivity index (χ1) is 12.7. The van der Waals surface area contributed by atoms with E-state index in [2.05, 4.69) is 37.6 Å². The van der Waals surface area contributed by atoms with Crippen LogP contribution in [0.3, 0.4) is 0 Å². The van der Waals surface area contributed by atoms with Gasteiger partial charge in [-0.1, -0.05) is 13.3 Å². The molecular weight excluding hydrogens is 334 g/mol. The van der Waals surface area contributed by atoms with Crippen molar-refractivity contribution < 1.29 is 9.53 Å². The van der Waals surface area contributed by atoms with E-state index >= 15 is 0 Å². The molecule has 2 aromatic heterocycles. The van der Waals surface area contributed by atoms with E-state index in [4.69, 9.17) is 4.74 Å². The van der Waals surface area contributed by atoms with Crippen molar-refractivity contribution in [2.45, 2.75) is 19.8 Å². The van der Waals surface area contributed by atoms with E-state index in [1.165, 1.54) is 23.7 Å². The fraction of sp³-hybridized carbons (Fsp3) is 0.235. The van der Waals surface area contributed by atoms with E-state index in [0.29, 0.717) is 23.9 Å². The largest absolute Gasteiger partial charge is 0.494 e. The van der Waals surface area contributed by atoms with Crippen molar-refractivity contribution in [1.82, 2.24) is 24.7 Å². The molecule has 9 heteroatoms. The maximum absolute atomic E-state index is 12.1. The van der Waals surface area contributed by atoms with Gasteiger partial charge in [0, 0.05) is 11.8 Å². The van der Waals surface area contributed by atoms with Crippen LogP contribution >= 0.6 is 0 Å². The highest BCUT2D eigenvalue weighted by Crippen LogP contribution is 2.16. The Balaban J connectivity index is 1.56. The van der Waals surface area contributed by atoms with Crippen LogP contribution in [-0.2, 0) is 0 Å². The molecule has 0 unspecified atom stereocenters. The second-order valence-electron chi connectivity index (χ2n) is 5.41. The summed E-state index contributed by atoms with van der Waals surface area (Å²) in [4.78, 5) is 24.1. The average molecular weight is 353 g/mol. The van der Waals surface area contributed by atoms with Gasteiger partial charge in [0.25, 0.3) is 0 Å². The van der Waals surface area contributed by atoms with E-state index in [-0.39, 0.29) is 0 Å². The number of unbranched alkanes of at least 4 members (excludes halogenated alkanes) is 1. The molecule has 134 valence electrons. The smallest absolute Gasteiger partial charge is 0.324 e. The Morgan fingerprint density at radius 1 is 1.15 bits per heavy atom. The summed E-state index contributed by atoms with van der Waals surface area (Å²) in [6, 6.07) is 8.38. The molecule has 1 aromatic carbocycles. The number of ether oxygens (including phenoxy) is 1. The topological polar surface area (TPSA) is 107 Å². The lowest BCUT2D eigenvalue weighted by molar-refractivity contribution is 0.262. The number of nitrogens with one attached hydrogen (secondary N) is 2. The van der Waals surface area contributed by atoms with Gasteiger partial charge in [-0.25, -0.2) is 24.4 Å². The first-order valence-corrected chi connectivity index (χ1v) is 8.22. The number of rotatable bonds is 7. The highest BCUT2D eigenvalue weighted by atomic mass is 16.5. The van der Waals surface area contributed by atoms with Gasteiger partial charge in [0.1, 0.15) is 30.5 Å². The quantitative estimate of drug-likeness (QED) is 0.633. The molecule has 0 aliphatic heterocycles. The highest BCUT2D eigenvalue weighted by molar-refractivity contribution is 5.99. The van der Waals surface area contributed by atoms with Crippen LogP contribution in [-0.4, -0.2) is 37.4 Å². The standard InChI is InChI=1S/C17H19N7O2/c1-2-3-8-26-14-6-4-13(5-7-14)22-17(25)23-15-9-16(20-11-19-15)24-12-18-10-21-24/h4-7,9-12H,2-3,8H2,1H3,(H2,19,20,22,23,25). The molecule has 0 fully saturated rings. The summed E-state index contributed by atoms with van der Waals surface area (Å²) < 4.78 is 7.07. The minimum Gasteiger partial charge on any atom is -0.494 e. The van der Waals surface area contributed by atoms with Crippen LogP contribution in [0.5, 0.6) is 5.75 Å². The number of urea groups is 1. The van der Waals surface area contributed by atoms with Crippen LogP contribution in [0, 0.1) is 0 Å². The Morgan fingerprint density at radius 2 is 2.00 bits per heavy atom. The third kappa shape index (κ3) is 4.76. The molecule has 26 heavy (non-hydrogen) atoms. The number of hydrogen-bond acceptors (Lipinski definition) is 6. The molecule has 0 saturated heterocycles. The Labute approximate surface area is 150 Å². The predicted octanol–water partition coefficient (Wildman–Crippen LogP) is 2.88. The number of hydrogen-bond donors (Lipinski definition) is 2. The number of carbonyl (C=O) groups excluding carboxylic acids is 1. The normalized spacial score (nSPS) is 10.3. The van der Waals surface area contributed by atoms with Gasteiger partial charge in [0.2, 0.25) is 0 Å². The van der Waals surface area contributed by atoms with Crippen molar-refractivity contribution in [2.24, 2.45) is 0 Å².